The van der Waals surface area contributed by atoms with Gasteiger partial charge in [0.15, 0.2) is 5.96 Å². The van der Waals surface area contributed by atoms with Gasteiger partial charge in [0, 0.05) is 60.8 Å². The molecule has 0 radical (unpaired) electrons. The summed E-state index contributed by atoms with van der Waals surface area (Å²) in [5.41, 5.74) is 2.42. The van der Waals surface area contributed by atoms with Crippen molar-refractivity contribution in [2.75, 3.05) is 50.6 Å². The summed E-state index contributed by atoms with van der Waals surface area (Å²) in [5, 5.41) is 9.48. The van der Waals surface area contributed by atoms with Gasteiger partial charge in [0.1, 0.15) is 18.0 Å². The average Bonchev–Trinajstić information content (AvgIpc) is 3.31. The molecule has 0 aromatic heterocycles. The number of carbonyl (C=O) groups is 1. The van der Waals surface area contributed by atoms with Crippen LogP contribution < -0.4 is 30.3 Å². The molecule has 2 aromatic carbocycles. The second-order valence-electron chi connectivity index (χ2n) is 7.62. The van der Waals surface area contributed by atoms with Gasteiger partial charge in [-0.1, -0.05) is 12.0 Å². The molecule has 1 saturated heterocycles. The summed E-state index contributed by atoms with van der Waals surface area (Å²) >= 11 is 0. The third-order valence-corrected chi connectivity index (χ3v) is 5.27. The van der Waals surface area contributed by atoms with Crippen molar-refractivity contribution in [3.05, 3.63) is 48.0 Å². The molecule has 1 unspecified atom stereocenters. The Kier molecular flexibility index (Phi) is 8.42. The molecule has 1 atom stereocenters. The van der Waals surface area contributed by atoms with E-state index in [9.17, 15) is 4.79 Å². The zero-order valence-corrected chi connectivity index (χ0v) is 19.4. The van der Waals surface area contributed by atoms with Crippen LogP contribution in [0.15, 0.2) is 47.5 Å². The summed E-state index contributed by atoms with van der Waals surface area (Å²) in [5.74, 6) is 4.48. The molecule has 1 aliphatic rings. The number of methoxy groups -OCH3 is 2. The second kappa shape index (κ2) is 11.7. The Labute approximate surface area is 195 Å². The fourth-order valence-electron chi connectivity index (χ4n) is 3.64. The minimum absolute atomic E-state index is 0.000861. The van der Waals surface area contributed by atoms with E-state index in [1.54, 1.807) is 26.4 Å². The van der Waals surface area contributed by atoms with Crippen LogP contribution in [0.1, 0.15) is 18.9 Å². The molecule has 1 fully saturated rings. The van der Waals surface area contributed by atoms with Crippen molar-refractivity contribution >= 4 is 23.2 Å². The van der Waals surface area contributed by atoms with E-state index in [0.29, 0.717) is 23.8 Å². The maximum absolute atomic E-state index is 12.4. The number of terminal acetylenes is 1. The van der Waals surface area contributed by atoms with Gasteiger partial charge in [0.2, 0.25) is 5.91 Å². The fourth-order valence-corrected chi connectivity index (χ4v) is 3.64. The first-order valence-electron chi connectivity index (χ1n) is 10.9. The number of nitrogens with one attached hydrogen (secondary N) is 3. The lowest BCUT2D eigenvalue weighted by Crippen LogP contribution is -2.45. The maximum atomic E-state index is 12.4. The van der Waals surface area contributed by atoms with E-state index in [0.717, 1.165) is 36.7 Å². The van der Waals surface area contributed by atoms with Crippen LogP contribution in [-0.4, -0.2) is 58.3 Å². The Balaban J connectivity index is 1.59. The highest BCUT2D eigenvalue weighted by Crippen LogP contribution is 2.30. The number of guanidine groups is 1. The summed E-state index contributed by atoms with van der Waals surface area (Å²) in [6.07, 6.45) is 6.36. The number of anilines is 2. The summed E-state index contributed by atoms with van der Waals surface area (Å²) in [4.78, 5) is 19.1. The van der Waals surface area contributed by atoms with Crippen LogP contribution in [0, 0.1) is 12.3 Å². The van der Waals surface area contributed by atoms with Gasteiger partial charge >= 0.3 is 0 Å². The van der Waals surface area contributed by atoms with Crippen LogP contribution in [0.4, 0.5) is 11.4 Å². The van der Waals surface area contributed by atoms with Gasteiger partial charge in [-0.25, -0.2) is 4.99 Å². The molecule has 8 heteroatoms. The highest BCUT2D eigenvalue weighted by atomic mass is 16.5. The largest absolute Gasteiger partial charge is 0.497 e. The lowest BCUT2D eigenvalue weighted by molar-refractivity contribution is -0.114. The Morgan fingerprint density at radius 2 is 1.97 bits per heavy atom. The van der Waals surface area contributed by atoms with Crippen LogP contribution in [0.3, 0.4) is 0 Å². The second-order valence-corrected chi connectivity index (χ2v) is 7.62. The first-order valence-corrected chi connectivity index (χ1v) is 10.9. The quantitative estimate of drug-likeness (QED) is 0.326. The van der Waals surface area contributed by atoms with E-state index in [4.69, 9.17) is 15.9 Å². The fraction of sp³-hybridized carbons (Fsp3) is 0.360. The standard InChI is InChI=1S/C25H31N5O3/c1-5-18-8-7-9-19(12-18)28-24(31)16-27-25(26-6-2)29-20-10-11-30(17-20)21-13-22(32-3)15-23(14-21)33-4/h1,7-9,12-15,20H,6,10-11,16-17H2,2-4H3,(H,28,31)(H2,26,27,29). The zero-order valence-electron chi connectivity index (χ0n) is 19.4. The highest BCUT2D eigenvalue weighted by Gasteiger charge is 2.24. The molecule has 3 rings (SSSR count). The van der Waals surface area contributed by atoms with Crippen LogP contribution in [0.5, 0.6) is 11.5 Å². The number of hydrogen-bond donors (Lipinski definition) is 3. The van der Waals surface area contributed by atoms with Crippen molar-refractivity contribution in [1.29, 1.82) is 0 Å². The number of carbonyl (C=O) groups excluding carboxylic acids is 1. The normalized spacial score (nSPS) is 15.5. The first kappa shape index (κ1) is 23.8. The number of aliphatic imine (C=N–C) groups is 1. The average molecular weight is 450 g/mol. The third-order valence-electron chi connectivity index (χ3n) is 5.27. The Morgan fingerprint density at radius 3 is 2.64 bits per heavy atom. The predicted molar refractivity (Wildman–Crippen MR) is 132 cm³/mol. The van der Waals surface area contributed by atoms with Crippen molar-refractivity contribution < 1.29 is 14.3 Å². The smallest absolute Gasteiger partial charge is 0.246 e. The molecule has 1 aliphatic heterocycles. The SMILES string of the molecule is C#Cc1cccc(NC(=O)CN=C(NCC)NC2CCN(c3cc(OC)cc(OC)c3)C2)c1. The third kappa shape index (κ3) is 6.81. The summed E-state index contributed by atoms with van der Waals surface area (Å²) < 4.78 is 10.8. The first-order chi connectivity index (χ1) is 16.0. The minimum atomic E-state index is -0.210. The summed E-state index contributed by atoms with van der Waals surface area (Å²) in [7, 11) is 3.29. The number of hydrogen-bond acceptors (Lipinski definition) is 5. The lowest BCUT2D eigenvalue weighted by atomic mass is 10.2. The molecular weight excluding hydrogens is 418 g/mol. The number of ether oxygens (including phenoxy) is 2. The number of rotatable bonds is 8. The number of amides is 1. The molecule has 0 aliphatic carbocycles. The van der Waals surface area contributed by atoms with Crippen LogP contribution >= 0.6 is 0 Å². The van der Waals surface area contributed by atoms with Crippen molar-refractivity contribution in [2.24, 2.45) is 4.99 Å². The predicted octanol–water partition coefficient (Wildman–Crippen LogP) is 2.46. The molecule has 1 heterocycles. The molecule has 0 spiro atoms. The topological polar surface area (TPSA) is 87.2 Å². The molecular formula is C25H31N5O3. The van der Waals surface area contributed by atoms with Crippen molar-refractivity contribution in [2.45, 2.75) is 19.4 Å². The van der Waals surface area contributed by atoms with Crippen LogP contribution in [-0.2, 0) is 4.79 Å². The van der Waals surface area contributed by atoms with E-state index >= 15 is 0 Å². The monoisotopic (exact) mass is 449 g/mol. The Hall–Kier alpha value is -3.86. The van der Waals surface area contributed by atoms with E-state index < -0.39 is 0 Å². The molecule has 174 valence electrons. The van der Waals surface area contributed by atoms with E-state index in [-0.39, 0.29) is 18.5 Å². The molecule has 3 N–H and O–H groups in total. The molecule has 2 aromatic rings. The number of benzene rings is 2. The van der Waals surface area contributed by atoms with Gasteiger partial charge in [0.25, 0.3) is 0 Å². The van der Waals surface area contributed by atoms with Gasteiger partial charge in [-0.3, -0.25) is 4.79 Å². The zero-order chi connectivity index (χ0) is 23.6. The van der Waals surface area contributed by atoms with E-state index in [1.165, 1.54) is 0 Å². The summed E-state index contributed by atoms with van der Waals surface area (Å²) in [6.45, 7) is 4.37. The Bertz CT molecular complexity index is 1010. The molecule has 0 saturated carbocycles. The Morgan fingerprint density at radius 1 is 1.21 bits per heavy atom. The minimum Gasteiger partial charge on any atom is -0.497 e. The lowest BCUT2D eigenvalue weighted by Gasteiger charge is -2.21. The number of nitrogens with zero attached hydrogens (tertiary/aromatic N) is 2. The van der Waals surface area contributed by atoms with Gasteiger partial charge in [-0.2, -0.15) is 0 Å². The van der Waals surface area contributed by atoms with E-state index in [1.807, 2.05) is 37.3 Å². The molecule has 8 nitrogen and oxygen atoms in total. The van der Waals surface area contributed by atoms with Gasteiger partial charge in [0.05, 0.1) is 14.2 Å². The molecule has 33 heavy (non-hydrogen) atoms. The van der Waals surface area contributed by atoms with Crippen LogP contribution in [0.25, 0.3) is 0 Å². The molecule has 1 amide bonds. The van der Waals surface area contributed by atoms with Crippen molar-refractivity contribution in [1.82, 2.24) is 10.6 Å². The highest BCUT2D eigenvalue weighted by molar-refractivity contribution is 5.94. The van der Waals surface area contributed by atoms with Crippen LogP contribution in [0.2, 0.25) is 0 Å². The van der Waals surface area contributed by atoms with Crippen molar-refractivity contribution in [3.63, 3.8) is 0 Å². The maximum Gasteiger partial charge on any atom is 0.246 e. The van der Waals surface area contributed by atoms with Gasteiger partial charge in [-0.15, -0.1) is 6.42 Å². The summed E-state index contributed by atoms with van der Waals surface area (Å²) in [6, 6.07) is 13.2. The van der Waals surface area contributed by atoms with Gasteiger partial charge < -0.3 is 30.3 Å². The van der Waals surface area contributed by atoms with Crippen molar-refractivity contribution in [3.8, 4) is 23.8 Å². The van der Waals surface area contributed by atoms with E-state index in [2.05, 4.69) is 31.8 Å². The van der Waals surface area contributed by atoms with Gasteiger partial charge in [-0.05, 0) is 31.5 Å². The molecule has 0 bridgehead atoms.